The zero-order chi connectivity index (χ0) is 56.6. The first kappa shape index (κ1) is 60.5. The second-order valence-corrected chi connectivity index (χ2v) is 24.0. The summed E-state index contributed by atoms with van der Waals surface area (Å²) in [4.78, 5) is 102. The van der Waals surface area contributed by atoms with Crippen molar-refractivity contribution in [2.45, 2.75) is 173 Å². The quantitative estimate of drug-likeness (QED) is 0.0550. The van der Waals surface area contributed by atoms with Crippen molar-refractivity contribution < 1.29 is 48.1 Å². The number of piperazine rings is 1. The number of hydrogen-bond donors (Lipinski definition) is 6. The van der Waals surface area contributed by atoms with Crippen molar-refractivity contribution in [3.05, 3.63) is 108 Å². The molecule has 0 radical (unpaired) electrons. The molecule has 2 saturated heterocycles. The van der Waals surface area contributed by atoms with Crippen LogP contribution in [0.5, 0.6) is 0 Å². The molecule has 18 heteroatoms. The highest BCUT2D eigenvalue weighted by atomic mass is 16.6. The number of alkyl carbamates (subject to hydrolysis) is 2. The summed E-state index contributed by atoms with van der Waals surface area (Å²) in [5, 5.41) is 24.4. The van der Waals surface area contributed by atoms with Gasteiger partial charge in [-0.05, 0) is 127 Å². The average molecular weight is 1080 g/mol. The molecule has 1 aliphatic carbocycles. The van der Waals surface area contributed by atoms with Gasteiger partial charge in [-0.1, -0.05) is 105 Å². The second kappa shape index (κ2) is 27.8. The minimum Gasteiger partial charge on any atom is -0.465 e. The van der Waals surface area contributed by atoms with Crippen LogP contribution in [0.15, 0.2) is 91.0 Å². The van der Waals surface area contributed by atoms with Crippen molar-refractivity contribution >= 4 is 41.9 Å². The van der Waals surface area contributed by atoms with Gasteiger partial charge in [0.2, 0.25) is 23.6 Å². The smallest absolute Gasteiger partial charge is 0.408 e. The molecule has 5 atom stereocenters. The molecule has 1 saturated carbocycles. The van der Waals surface area contributed by atoms with E-state index < -0.39 is 71.4 Å². The van der Waals surface area contributed by atoms with Gasteiger partial charge >= 0.3 is 18.3 Å². The molecule has 0 bridgehead atoms. The summed E-state index contributed by atoms with van der Waals surface area (Å²) in [6.45, 7) is 17.5. The van der Waals surface area contributed by atoms with Gasteiger partial charge in [0.1, 0.15) is 35.4 Å². The number of nitrogens with one attached hydrogen (secondary N) is 5. The number of hydrogen-bond acceptors (Lipinski definition) is 10. The van der Waals surface area contributed by atoms with Crippen LogP contribution in [0, 0.1) is 11.3 Å². The Morgan fingerprint density at radius 3 is 1.63 bits per heavy atom. The van der Waals surface area contributed by atoms with E-state index in [1.165, 1.54) is 0 Å². The molecular weight excluding hydrogens is 993 g/mol. The summed E-state index contributed by atoms with van der Waals surface area (Å²) >= 11 is 0. The van der Waals surface area contributed by atoms with Gasteiger partial charge < -0.3 is 51.0 Å². The van der Waals surface area contributed by atoms with E-state index in [9.17, 15) is 38.7 Å². The van der Waals surface area contributed by atoms with Crippen molar-refractivity contribution in [2.75, 3.05) is 39.3 Å². The van der Waals surface area contributed by atoms with Gasteiger partial charge in [0, 0.05) is 58.2 Å². The van der Waals surface area contributed by atoms with Crippen LogP contribution in [0.1, 0.15) is 123 Å². The van der Waals surface area contributed by atoms with Gasteiger partial charge in [0.05, 0.1) is 6.04 Å². The van der Waals surface area contributed by atoms with Crippen LogP contribution in [0.2, 0.25) is 0 Å². The Morgan fingerprint density at radius 1 is 0.615 bits per heavy atom. The highest BCUT2D eigenvalue weighted by Crippen LogP contribution is 2.51. The predicted molar refractivity (Wildman–Crippen MR) is 298 cm³/mol. The van der Waals surface area contributed by atoms with Gasteiger partial charge in [0.25, 0.3) is 0 Å². The van der Waals surface area contributed by atoms with E-state index in [0.717, 1.165) is 42.4 Å². The third-order valence-corrected chi connectivity index (χ3v) is 14.8. The molecule has 3 aromatic rings. The molecule has 426 valence electrons. The van der Waals surface area contributed by atoms with Crippen LogP contribution in [0.4, 0.5) is 14.4 Å². The zero-order valence-corrected chi connectivity index (χ0v) is 47.2. The molecular formula is C60H86N8O10. The lowest BCUT2D eigenvalue weighted by molar-refractivity contribution is -0.141. The van der Waals surface area contributed by atoms with E-state index in [2.05, 4.69) is 31.5 Å². The molecule has 1 spiro atoms. The predicted octanol–water partition coefficient (Wildman–Crippen LogP) is 7.24. The molecule has 0 aromatic heterocycles. The minimum absolute atomic E-state index is 0.0649. The third kappa shape index (κ3) is 19.0. The van der Waals surface area contributed by atoms with Gasteiger partial charge in [-0.15, -0.1) is 0 Å². The first-order chi connectivity index (χ1) is 36.9. The van der Waals surface area contributed by atoms with Crippen molar-refractivity contribution in [1.82, 2.24) is 41.3 Å². The van der Waals surface area contributed by atoms with E-state index in [1.807, 2.05) is 110 Å². The number of ether oxygens (including phenoxy) is 2. The van der Waals surface area contributed by atoms with Crippen molar-refractivity contribution in [3.63, 3.8) is 0 Å². The summed E-state index contributed by atoms with van der Waals surface area (Å²) in [5.41, 5.74) is 1.20. The molecule has 6 N–H and O–H groups in total. The number of carbonyl (C=O) groups excluding carboxylic acids is 6. The molecule has 1 unspecified atom stereocenters. The number of rotatable bonds is 22. The van der Waals surface area contributed by atoms with Crippen molar-refractivity contribution in [1.29, 1.82) is 0 Å². The Hall–Kier alpha value is -6.69. The maximum Gasteiger partial charge on any atom is 0.408 e. The normalized spacial score (nSPS) is 18.3. The lowest BCUT2D eigenvalue weighted by Crippen LogP contribution is -2.63. The minimum atomic E-state index is -1.17. The standard InChI is InChI=1S/C60H86N8O10/c1-41(2)34-48(63-52(70)49(36-43-22-14-10-15-23-43)64-53(71)50(37-44-24-16-11-17-25-44)65-56(74)78-59(6,7)8)51(69)62-47(26-18-19-29-61-55(73)77-58(3,4)5)54(72)66-30-27-60(28-31-66)38-46(39-60)67-32-33-68(57(75)76)45(40-67)35-42-20-12-9-13-21-42/h9-17,20-25,41,45-50H,18-19,26-40H2,1-8H3,(H,61,73)(H,62,69)(H,63,70)(H,64,71)(H,65,74)(H,75,76)/t45?,47-,48-,49-,50-/m1/s1. The lowest BCUT2D eigenvalue weighted by atomic mass is 9.60. The van der Waals surface area contributed by atoms with E-state index in [-0.39, 0.29) is 49.0 Å². The fourth-order valence-corrected chi connectivity index (χ4v) is 10.9. The highest BCUT2D eigenvalue weighted by Gasteiger charge is 2.50. The number of likely N-dealkylation sites (tertiary alicyclic amines) is 1. The number of carboxylic acid groups (broad SMARTS) is 1. The maximum atomic E-state index is 14.7. The number of piperidine rings is 1. The van der Waals surface area contributed by atoms with Crippen LogP contribution in [-0.4, -0.2) is 148 Å². The Bertz CT molecular complexity index is 2450. The lowest BCUT2D eigenvalue weighted by Gasteiger charge is -2.57. The highest BCUT2D eigenvalue weighted by molar-refractivity contribution is 5.95. The van der Waals surface area contributed by atoms with Crippen LogP contribution in [-0.2, 0) is 47.9 Å². The summed E-state index contributed by atoms with van der Waals surface area (Å²) in [5.74, 6) is -2.05. The van der Waals surface area contributed by atoms with Crippen LogP contribution in [0.3, 0.4) is 0 Å². The zero-order valence-electron chi connectivity index (χ0n) is 47.2. The molecule has 3 aromatic carbocycles. The number of carbonyl (C=O) groups is 7. The second-order valence-electron chi connectivity index (χ2n) is 24.0. The number of benzene rings is 3. The van der Waals surface area contributed by atoms with Crippen molar-refractivity contribution in [2.24, 2.45) is 11.3 Å². The van der Waals surface area contributed by atoms with Gasteiger partial charge in [-0.2, -0.15) is 0 Å². The molecule has 2 heterocycles. The van der Waals surface area contributed by atoms with E-state index in [1.54, 1.807) is 46.4 Å². The largest absolute Gasteiger partial charge is 0.465 e. The SMILES string of the molecule is CC(C)C[C@@H](NC(=O)[C@@H](Cc1ccccc1)NC(=O)[C@@H](Cc1ccccc1)NC(=O)OC(C)(C)C)C(=O)N[C@H](CCCCNC(=O)OC(C)(C)C)C(=O)N1CCC2(CC1)CC(N1CCN(C(=O)O)C(Cc3ccccc3)C1)C2. The fourth-order valence-electron chi connectivity index (χ4n) is 10.9. The molecule has 2 aliphatic heterocycles. The topological polar surface area (TPSA) is 228 Å². The van der Waals surface area contributed by atoms with Crippen LogP contribution in [0.25, 0.3) is 0 Å². The first-order valence-electron chi connectivity index (χ1n) is 28.0. The summed E-state index contributed by atoms with van der Waals surface area (Å²) < 4.78 is 10.9. The summed E-state index contributed by atoms with van der Waals surface area (Å²) in [7, 11) is 0. The maximum absolute atomic E-state index is 14.7. The number of unbranched alkanes of at least 4 members (excludes halogenated alkanes) is 1. The Morgan fingerprint density at radius 2 is 1.10 bits per heavy atom. The van der Waals surface area contributed by atoms with Gasteiger partial charge in [-0.3, -0.25) is 24.1 Å². The summed E-state index contributed by atoms with van der Waals surface area (Å²) in [6, 6.07) is 24.2. The molecule has 6 rings (SSSR count). The Kier molecular flexibility index (Phi) is 21.5. The van der Waals surface area contributed by atoms with Crippen LogP contribution < -0.4 is 26.6 Å². The molecule has 18 nitrogen and oxygen atoms in total. The van der Waals surface area contributed by atoms with Crippen LogP contribution >= 0.6 is 0 Å². The average Bonchev–Trinajstić information content (AvgIpc) is 3.45. The molecule has 3 aliphatic rings. The van der Waals surface area contributed by atoms with E-state index >= 15 is 0 Å². The number of nitrogens with zero attached hydrogens (tertiary/aromatic N) is 3. The Labute approximate surface area is 461 Å². The van der Waals surface area contributed by atoms with Gasteiger partial charge in [0.15, 0.2) is 0 Å². The molecule has 78 heavy (non-hydrogen) atoms. The summed E-state index contributed by atoms with van der Waals surface area (Å²) in [6.07, 6.45) is 3.67. The molecule has 3 fully saturated rings. The van der Waals surface area contributed by atoms with E-state index in [0.29, 0.717) is 64.6 Å². The van der Waals surface area contributed by atoms with E-state index in [4.69, 9.17) is 9.47 Å². The Balaban J connectivity index is 1.14. The number of amides is 7. The fraction of sp³-hybridized carbons (Fsp3) is 0.583. The van der Waals surface area contributed by atoms with Crippen molar-refractivity contribution in [3.8, 4) is 0 Å². The third-order valence-electron chi connectivity index (χ3n) is 14.8. The monoisotopic (exact) mass is 1080 g/mol. The molecule has 7 amide bonds. The first-order valence-corrected chi connectivity index (χ1v) is 28.0. The van der Waals surface area contributed by atoms with Gasteiger partial charge in [-0.25, -0.2) is 14.4 Å².